The lowest BCUT2D eigenvalue weighted by Crippen LogP contribution is -2.38. The zero-order valence-corrected chi connectivity index (χ0v) is 17.2. The van der Waals surface area contributed by atoms with Crippen LogP contribution in [0.3, 0.4) is 0 Å². The Labute approximate surface area is 171 Å². The lowest BCUT2D eigenvalue weighted by molar-refractivity contribution is -0.126. The van der Waals surface area contributed by atoms with Crippen molar-refractivity contribution in [1.82, 2.24) is 5.32 Å². The third kappa shape index (κ3) is 5.28. The molecule has 6 heteroatoms. The molecule has 0 spiro atoms. The van der Waals surface area contributed by atoms with Crippen LogP contribution < -0.4 is 20.1 Å². The molecular weight excluding hydrogens is 368 g/mol. The monoisotopic (exact) mass is 396 g/mol. The normalized spacial score (nSPS) is 15.2. The number of carbonyl (C=O) groups excluding carboxylic acids is 2. The maximum atomic E-state index is 12.6. The summed E-state index contributed by atoms with van der Waals surface area (Å²) in [6.07, 6.45) is 1.54. The number of ether oxygens (including phenoxy) is 2. The van der Waals surface area contributed by atoms with Crippen LogP contribution in [0, 0.1) is 11.8 Å². The Morgan fingerprint density at radius 1 is 1.21 bits per heavy atom. The van der Waals surface area contributed by atoms with Gasteiger partial charge in [-0.15, -0.1) is 0 Å². The summed E-state index contributed by atoms with van der Waals surface area (Å²) >= 11 is 0. The Hall–Kier alpha value is -3.02. The topological polar surface area (TPSA) is 76.7 Å². The highest BCUT2D eigenvalue weighted by Gasteiger charge is 2.26. The van der Waals surface area contributed by atoms with E-state index in [1.54, 1.807) is 24.3 Å². The summed E-state index contributed by atoms with van der Waals surface area (Å²) in [6, 6.07) is 12.6. The van der Waals surface area contributed by atoms with E-state index in [1.165, 1.54) is 7.11 Å². The smallest absolute Gasteiger partial charge is 0.259 e. The number of anilines is 1. The molecule has 2 aromatic carbocycles. The van der Waals surface area contributed by atoms with Crippen LogP contribution in [-0.4, -0.2) is 32.1 Å². The highest BCUT2D eigenvalue weighted by molar-refractivity contribution is 6.06. The fourth-order valence-electron chi connectivity index (χ4n) is 3.30. The first kappa shape index (κ1) is 20.7. The Bertz CT molecular complexity index is 879. The van der Waals surface area contributed by atoms with Crippen LogP contribution in [0.1, 0.15) is 36.2 Å². The van der Waals surface area contributed by atoms with Crippen molar-refractivity contribution >= 4 is 17.5 Å². The van der Waals surface area contributed by atoms with E-state index in [4.69, 9.17) is 9.47 Å². The van der Waals surface area contributed by atoms with Crippen LogP contribution in [0.25, 0.3) is 0 Å². The number of nitrogens with one attached hydrogen (secondary N) is 2. The molecule has 29 heavy (non-hydrogen) atoms. The SMILES string of the molecule is COc1ccccc1C(=O)Nc1ccc2c(c1)CC(C(=O)NCCC(C)C)CO2. The fourth-order valence-corrected chi connectivity index (χ4v) is 3.30. The molecule has 0 radical (unpaired) electrons. The molecule has 1 aliphatic heterocycles. The summed E-state index contributed by atoms with van der Waals surface area (Å²) in [4.78, 5) is 25.1. The molecule has 0 saturated heterocycles. The van der Waals surface area contributed by atoms with Crippen molar-refractivity contribution < 1.29 is 19.1 Å². The Morgan fingerprint density at radius 3 is 2.76 bits per heavy atom. The fraction of sp³-hybridized carbons (Fsp3) is 0.391. The van der Waals surface area contributed by atoms with Gasteiger partial charge < -0.3 is 20.1 Å². The number of para-hydroxylation sites is 1. The van der Waals surface area contributed by atoms with Gasteiger partial charge in [-0.1, -0.05) is 26.0 Å². The summed E-state index contributed by atoms with van der Waals surface area (Å²) in [5, 5.41) is 5.89. The number of amides is 2. The molecule has 0 aliphatic carbocycles. The largest absolute Gasteiger partial charge is 0.496 e. The summed E-state index contributed by atoms with van der Waals surface area (Å²) < 4.78 is 11.0. The van der Waals surface area contributed by atoms with E-state index in [1.807, 2.05) is 18.2 Å². The summed E-state index contributed by atoms with van der Waals surface area (Å²) in [7, 11) is 1.54. The van der Waals surface area contributed by atoms with Gasteiger partial charge in [-0.2, -0.15) is 0 Å². The van der Waals surface area contributed by atoms with E-state index in [-0.39, 0.29) is 17.7 Å². The summed E-state index contributed by atoms with van der Waals surface area (Å²) in [6.45, 7) is 5.31. The Balaban J connectivity index is 1.66. The standard InChI is InChI=1S/C23H28N2O4/c1-15(2)10-11-24-22(26)17-12-16-13-18(8-9-20(16)29-14-17)25-23(27)19-6-4-5-7-21(19)28-3/h4-9,13,15,17H,10-12,14H2,1-3H3,(H,24,26)(H,25,27). The lowest BCUT2D eigenvalue weighted by Gasteiger charge is -2.25. The second-order valence-corrected chi connectivity index (χ2v) is 7.66. The van der Waals surface area contributed by atoms with Crippen molar-refractivity contribution in [3.8, 4) is 11.5 Å². The van der Waals surface area contributed by atoms with E-state index in [0.29, 0.717) is 42.5 Å². The van der Waals surface area contributed by atoms with Crippen LogP contribution in [0.15, 0.2) is 42.5 Å². The zero-order chi connectivity index (χ0) is 20.8. The second kappa shape index (κ2) is 9.45. The first-order valence-electron chi connectivity index (χ1n) is 9.95. The van der Waals surface area contributed by atoms with Crippen LogP contribution in [0.4, 0.5) is 5.69 Å². The average Bonchev–Trinajstić information content (AvgIpc) is 2.72. The maximum absolute atomic E-state index is 12.6. The van der Waals surface area contributed by atoms with E-state index in [0.717, 1.165) is 17.7 Å². The minimum absolute atomic E-state index is 0.0137. The van der Waals surface area contributed by atoms with Crippen molar-refractivity contribution in [1.29, 1.82) is 0 Å². The molecule has 1 heterocycles. The van der Waals surface area contributed by atoms with Gasteiger partial charge >= 0.3 is 0 Å². The third-order valence-electron chi connectivity index (χ3n) is 4.97. The highest BCUT2D eigenvalue weighted by Crippen LogP contribution is 2.30. The molecule has 0 saturated carbocycles. The van der Waals surface area contributed by atoms with E-state index in [2.05, 4.69) is 24.5 Å². The van der Waals surface area contributed by atoms with Gasteiger partial charge in [-0.25, -0.2) is 0 Å². The number of rotatable bonds is 7. The first-order chi connectivity index (χ1) is 14.0. The molecule has 2 amide bonds. The van der Waals surface area contributed by atoms with Gasteiger partial charge in [-0.05, 0) is 54.7 Å². The van der Waals surface area contributed by atoms with Crippen LogP contribution >= 0.6 is 0 Å². The van der Waals surface area contributed by atoms with Crippen LogP contribution in [0.5, 0.6) is 11.5 Å². The molecule has 0 bridgehead atoms. The summed E-state index contributed by atoms with van der Waals surface area (Å²) in [5.41, 5.74) is 2.04. The molecule has 1 unspecified atom stereocenters. The number of fused-ring (bicyclic) bond motifs is 1. The molecule has 1 atom stereocenters. The van der Waals surface area contributed by atoms with Gasteiger partial charge in [0.1, 0.15) is 18.1 Å². The molecule has 2 aromatic rings. The minimum Gasteiger partial charge on any atom is -0.496 e. The second-order valence-electron chi connectivity index (χ2n) is 7.66. The molecule has 2 N–H and O–H groups in total. The number of benzene rings is 2. The van der Waals surface area contributed by atoms with Gasteiger partial charge in [-0.3, -0.25) is 9.59 Å². The van der Waals surface area contributed by atoms with Crippen molar-refractivity contribution in [2.45, 2.75) is 26.7 Å². The van der Waals surface area contributed by atoms with Crippen molar-refractivity contribution in [3.05, 3.63) is 53.6 Å². The average molecular weight is 396 g/mol. The van der Waals surface area contributed by atoms with Crippen LogP contribution in [-0.2, 0) is 11.2 Å². The predicted molar refractivity (Wildman–Crippen MR) is 113 cm³/mol. The van der Waals surface area contributed by atoms with Crippen molar-refractivity contribution in [2.75, 3.05) is 25.6 Å². The molecule has 6 nitrogen and oxygen atoms in total. The number of hydrogen-bond acceptors (Lipinski definition) is 4. The molecule has 1 aliphatic rings. The van der Waals surface area contributed by atoms with E-state index in [9.17, 15) is 9.59 Å². The summed E-state index contributed by atoms with van der Waals surface area (Å²) in [5.74, 6) is 1.36. The number of carbonyl (C=O) groups is 2. The molecule has 0 aromatic heterocycles. The molecule has 0 fully saturated rings. The third-order valence-corrected chi connectivity index (χ3v) is 4.97. The molecular formula is C23H28N2O4. The minimum atomic E-state index is -0.248. The molecule has 154 valence electrons. The van der Waals surface area contributed by atoms with Crippen molar-refractivity contribution in [2.24, 2.45) is 11.8 Å². The van der Waals surface area contributed by atoms with Crippen molar-refractivity contribution in [3.63, 3.8) is 0 Å². The van der Waals surface area contributed by atoms with Crippen LogP contribution in [0.2, 0.25) is 0 Å². The zero-order valence-electron chi connectivity index (χ0n) is 17.2. The van der Waals surface area contributed by atoms with E-state index < -0.39 is 0 Å². The van der Waals surface area contributed by atoms with E-state index >= 15 is 0 Å². The van der Waals surface area contributed by atoms with Gasteiger partial charge in [0, 0.05) is 12.2 Å². The van der Waals surface area contributed by atoms with Gasteiger partial charge in [0.25, 0.3) is 5.91 Å². The number of hydrogen-bond donors (Lipinski definition) is 2. The number of methoxy groups -OCH3 is 1. The Kier molecular flexibility index (Phi) is 6.75. The quantitative estimate of drug-likeness (QED) is 0.749. The van der Waals surface area contributed by atoms with Gasteiger partial charge in [0.05, 0.1) is 18.6 Å². The van der Waals surface area contributed by atoms with Gasteiger partial charge in [0.15, 0.2) is 0 Å². The Morgan fingerprint density at radius 2 is 2.00 bits per heavy atom. The predicted octanol–water partition coefficient (Wildman–Crippen LogP) is 3.66. The first-order valence-corrected chi connectivity index (χ1v) is 9.95. The maximum Gasteiger partial charge on any atom is 0.259 e. The lowest BCUT2D eigenvalue weighted by atomic mass is 9.95. The molecule has 3 rings (SSSR count). The highest BCUT2D eigenvalue weighted by atomic mass is 16.5. The van der Waals surface area contributed by atoms with Gasteiger partial charge in [0.2, 0.25) is 5.91 Å².